The van der Waals surface area contributed by atoms with Crippen LogP contribution in [-0.4, -0.2) is 28.3 Å². The number of aromatic amines is 1. The van der Waals surface area contributed by atoms with Crippen LogP contribution in [0.15, 0.2) is 54.7 Å². The van der Waals surface area contributed by atoms with Crippen molar-refractivity contribution in [3.05, 3.63) is 70.9 Å². The fraction of sp³-hybridized carbons (Fsp3) is 0.211. The fourth-order valence-corrected chi connectivity index (χ4v) is 3.20. The molecular formula is C19H16ClF3N2O2. The lowest BCUT2D eigenvalue weighted by atomic mass is 10.0. The van der Waals surface area contributed by atoms with Gasteiger partial charge in [0.1, 0.15) is 12.1 Å². The lowest BCUT2D eigenvalue weighted by Crippen LogP contribution is -2.45. The number of carbonyl (C=O) groups is 1. The highest BCUT2D eigenvalue weighted by atomic mass is 35.5. The Labute approximate surface area is 158 Å². The van der Waals surface area contributed by atoms with Gasteiger partial charge in [-0.3, -0.25) is 10.1 Å². The maximum atomic E-state index is 13.6. The summed E-state index contributed by atoms with van der Waals surface area (Å²) in [6.45, 7) is 0. The predicted octanol–water partition coefficient (Wildman–Crippen LogP) is 4.71. The highest BCUT2D eigenvalue weighted by Gasteiger charge is 2.43. The topological polar surface area (TPSA) is 65.1 Å². The minimum Gasteiger partial charge on any atom is -0.480 e. The summed E-state index contributed by atoms with van der Waals surface area (Å²) in [6.07, 6.45) is -3.17. The van der Waals surface area contributed by atoms with E-state index >= 15 is 0 Å². The van der Waals surface area contributed by atoms with Gasteiger partial charge in [-0.1, -0.05) is 41.9 Å². The predicted molar refractivity (Wildman–Crippen MR) is 96.8 cm³/mol. The van der Waals surface area contributed by atoms with E-state index in [1.165, 1.54) is 24.3 Å². The van der Waals surface area contributed by atoms with Gasteiger partial charge in [0, 0.05) is 28.5 Å². The van der Waals surface area contributed by atoms with Crippen LogP contribution in [-0.2, 0) is 11.2 Å². The lowest BCUT2D eigenvalue weighted by Gasteiger charge is -2.26. The van der Waals surface area contributed by atoms with Gasteiger partial charge in [0.25, 0.3) is 0 Å². The molecule has 0 bridgehead atoms. The molecule has 0 amide bonds. The van der Waals surface area contributed by atoms with Gasteiger partial charge >= 0.3 is 12.1 Å². The zero-order valence-electron chi connectivity index (χ0n) is 13.9. The molecule has 0 saturated heterocycles. The number of carboxylic acid groups (broad SMARTS) is 1. The molecule has 3 rings (SSSR count). The van der Waals surface area contributed by atoms with Gasteiger partial charge in [0.15, 0.2) is 0 Å². The molecular weight excluding hydrogens is 381 g/mol. The molecule has 1 heterocycles. The minimum atomic E-state index is -4.68. The second-order valence-electron chi connectivity index (χ2n) is 6.15. The van der Waals surface area contributed by atoms with E-state index in [2.05, 4.69) is 10.3 Å². The number of halogens is 4. The summed E-state index contributed by atoms with van der Waals surface area (Å²) in [4.78, 5) is 14.7. The molecule has 0 aliphatic rings. The average molecular weight is 397 g/mol. The molecule has 2 aromatic carbocycles. The van der Waals surface area contributed by atoms with Crippen LogP contribution in [0, 0.1) is 0 Å². The largest absolute Gasteiger partial charge is 0.480 e. The number of nitrogens with one attached hydrogen (secondary N) is 2. The Balaban J connectivity index is 1.90. The molecule has 8 heteroatoms. The van der Waals surface area contributed by atoms with E-state index in [-0.39, 0.29) is 17.0 Å². The number of fused-ring (bicyclic) bond motifs is 1. The summed E-state index contributed by atoms with van der Waals surface area (Å²) < 4.78 is 40.8. The first kappa shape index (κ1) is 19.3. The van der Waals surface area contributed by atoms with Crippen molar-refractivity contribution in [2.75, 3.05) is 0 Å². The number of aromatic nitrogens is 1. The number of carboxylic acids is 1. The zero-order chi connectivity index (χ0) is 19.6. The Bertz CT molecular complexity index is 955. The number of para-hydroxylation sites is 1. The molecule has 4 nitrogen and oxygen atoms in total. The van der Waals surface area contributed by atoms with Crippen LogP contribution in [0.1, 0.15) is 17.2 Å². The highest BCUT2D eigenvalue weighted by Crippen LogP contribution is 2.34. The molecule has 3 aromatic rings. The molecule has 0 spiro atoms. The van der Waals surface area contributed by atoms with Gasteiger partial charge in [-0.15, -0.1) is 0 Å². The molecule has 2 atom stereocenters. The summed E-state index contributed by atoms with van der Waals surface area (Å²) in [5, 5.41) is 12.7. The third kappa shape index (κ3) is 4.43. The van der Waals surface area contributed by atoms with Crippen molar-refractivity contribution >= 4 is 28.5 Å². The van der Waals surface area contributed by atoms with Crippen molar-refractivity contribution in [2.24, 2.45) is 0 Å². The maximum absolute atomic E-state index is 13.6. The van der Waals surface area contributed by atoms with Crippen LogP contribution in [0.4, 0.5) is 13.2 Å². The number of H-pyrrole nitrogens is 1. The molecule has 3 N–H and O–H groups in total. The van der Waals surface area contributed by atoms with E-state index in [0.717, 1.165) is 10.9 Å². The zero-order valence-corrected chi connectivity index (χ0v) is 14.7. The summed E-state index contributed by atoms with van der Waals surface area (Å²) in [6, 6.07) is 8.91. The second-order valence-corrected chi connectivity index (χ2v) is 6.59. The fourth-order valence-electron chi connectivity index (χ4n) is 3.00. The molecule has 27 heavy (non-hydrogen) atoms. The third-order valence-electron chi connectivity index (χ3n) is 4.27. The van der Waals surface area contributed by atoms with Crippen molar-refractivity contribution in [1.82, 2.24) is 10.3 Å². The van der Waals surface area contributed by atoms with E-state index in [9.17, 15) is 23.1 Å². The number of hydrogen-bond donors (Lipinski definition) is 3. The minimum absolute atomic E-state index is 0.105. The van der Waals surface area contributed by atoms with Crippen molar-refractivity contribution in [2.45, 2.75) is 24.7 Å². The Kier molecular flexibility index (Phi) is 5.43. The Hall–Kier alpha value is -2.51. The highest BCUT2D eigenvalue weighted by molar-refractivity contribution is 6.30. The van der Waals surface area contributed by atoms with E-state index in [1.54, 1.807) is 18.3 Å². The summed E-state index contributed by atoms with van der Waals surface area (Å²) in [5.41, 5.74) is 1.27. The van der Waals surface area contributed by atoms with Crippen LogP contribution >= 0.6 is 11.6 Å². The van der Waals surface area contributed by atoms with Crippen LogP contribution < -0.4 is 5.32 Å². The average Bonchev–Trinajstić information content (AvgIpc) is 3.00. The van der Waals surface area contributed by atoms with Crippen LogP contribution in [0.3, 0.4) is 0 Å². The molecule has 0 fully saturated rings. The van der Waals surface area contributed by atoms with Gasteiger partial charge in [-0.05, 0) is 29.3 Å². The SMILES string of the molecule is O=C(O)[C@H](Cc1c[nH]c2ccccc12)N[C@H](c1cccc(Cl)c1)C(F)(F)F. The standard InChI is InChI=1S/C19H16ClF3N2O2/c20-13-5-3-4-11(8-13)17(19(21,22)23)25-16(18(26)27)9-12-10-24-15-7-2-1-6-14(12)15/h1-8,10,16-17,24-25H,9H2,(H,26,27)/t16-,17+/m0/s1. The maximum Gasteiger partial charge on any atom is 0.407 e. The van der Waals surface area contributed by atoms with Crippen LogP contribution in [0.25, 0.3) is 10.9 Å². The summed E-state index contributed by atoms with van der Waals surface area (Å²) >= 11 is 5.80. The van der Waals surface area contributed by atoms with Crippen LogP contribution in [0.2, 0.25) is 5.02 Å². The Morgan fingerprint density at radius 3 is 2.59 bits per heavy atom. The van der Waals surface area contributed by atoms with Crippen molar-refractivity contribution < 1.29 is 23.1 Å². The summed E-state index contributed by atoms with van der Waals surface area (Å²) in [7, 11) is 0. The van der Waals surface area contributed by atoms with Crippen molar-refractivity contribution in [3.63, 3.8) is 0 Å². The Morgan fingerprint density at radius 1 is 1.19 bits per heavy atom. The number of rotatable bonds is 6. The number of alkyl halides is 3. The smallest absolute Gasteiger partial charge is 0.407 e. The number of aliphatic carboxylic acids is 1. The quantitative estimate of drug-likeness (QED) is 0.565. The number of benzene rings is 2. The van der Waals surface area contributed by atoms with Crippen molar-refractivity contribution in [3.8, 4) is 0 Å². The lowest BCUT2D eigenvalue weighted by molar-refractivity contribution is -0.163. The molecule has 0 unspecified atom stereocenters. The Morgan fingerprint density at radius 2 is 1.93 bits per heavy atom. The third-order valence-corrected chi connectivity index (χ3v) is 4.51. The van der Waals surface area contributed by atoms with Gasteiger partial charge in [0.2, 0.25) is 0 Å². The van der Waals surface area contributed by atoms with Gasteiger partial charge in [0.05, 0.1) is 0 Å². The van der Waals surface area contributed by atoms with Gasteiger partial charge in [-0.25, -0.2) is 0 Å². The molecule has 1 aromatic heterocycles. The van der Waals surface area contributed by atoms with E-state index in [0.29, 0.717) is 5.56 Å². The monoisotopic (exact) mass is 396 g/mol. The first-order chi connectivity index (χ1) is 12.8. The normalized spacial score (nSPS) is 14.2. The summed E-state index contributed by atoms with van der Waals surface area (Å²) in [5.74, 6) is -1.36. The van der Waals surface area contributed by atoms with Crippen molar-refractivity contribution in [1.29, 1.82) is 0 Å². The van der Waals surface area contributed by atoms with Crippen LogP contribution in [0.5, 0.6) is 0 Å². The number of hydrogen-bond acceptors (Lipinski definition) is 2. The van der Waals surface area contributed by atoms with E-state index in [1.807, 2.05) is 12.1 Å². The first-order valence-electron chi connectivity index (χ1n) is 8.11. The second kappa shape index (κ2) is 7.62. The molecule has 0 radical (unpaired) electrons. The molecule has 0 aliphatic heterocycles. The molecule has 0 saturated carbocycles. The van der Waals surface area contributed by atoms with E-state index in [4.69, 9.17) is 11.6 Å². The molecule has 142 valence electrons. The van der Waals surface area contributed by atoms with Gasteiger partial charge < -0.3 is 10.1 Å². The molecule has 0 aliphatic carbocycles. The van der Waals surface area contributed by atoms with Gasteiger partial charge in [-0.2, -0.15) is 13.2 Å². The first-order valence-corrected chi connectivity index (χ1v) is 8.49. The van der Waals surface area contributed by atoms with E-state index < -0.39 is 24.2 Å².